The summed E-state index contributed by atoms with van der Waals surface area (Å²) in [5, 5.41) is 0. The summed E-state index contributed by atoms with van der Waals surface area (Å²) in [6.45, 7) is 11.2. The van der Waals surface area contributed by atoms with Gasteiger partial charge in [-0.05, 0) is 0 Å². The molecule has 83 valence electrons. The Labute approximate surface area is 93.7 Å². The Morgan fingerprint density at radius 3 is 1.40 bits per heavy atom. The first-order valence-corrected chi connectivity index (χ1v) is 4.74. The molecule has 0 aromatic carbocycles. The van der Waals surface area contributed by atoms with Gasteiger partial charge in [0, 0.05) is 0 Å². The second-order valence-electron chi connectivity index (χ2n) is 2.40. The van der Waals surface area contributed by atoms with E-state index in [9.17, 15) is 0 Å². The van der Waals surface area contributed by atoms with E-state index in [0.29, 0.717) is 0 Å². The van der Waals surface area contributed by atoms with Gasteiger partial charge in [-0.2, -0.15) is 0 Å². The molecule has 0 rings (SSSR count). The van der Waals surface area contributed by atoms with Crippen LogP contribution < -0.4 is 0 Å². The molecule has 0 spiro atoms. The predicted octanol–water partition coefficient (Wildman–Crippen LogP) is 1.31. The largest absolute Gasteiger partial charge is 0.403 e. The molecule has 15 heavy (non-hydrogen) atoms. The molecule has 3 radical (unpaired) electrons. The molecule has 0 aliphatic carbocycles. The fourth-order valence-corrected chi connectivity index (χ4v) is 0.873. The van der Waals surface area contributed by atoms with Gasteiger partial charge >= 0.3 is 6.16 Å². The highest BCUT2D eigenvalue weighted by Crippen LogP contribution is 2.16. The van der Waals surface area contributed by atoms with Gasteiger partial charge in [0.25, 0.3) is 10.5 Å². The van der Waals surface area contributed by atoms with Crippen molar-refractivity contribution >= 4 is 10.5 Å². The summed E-state index contributed by atoms with van der Waals surface area (Å²) in [6, 6.07) is 0. The van der Waals surface area contributed by atoms with E-state index in [-0.39, 0.29) is 19.8 Å². The summed E-state index contributed by atoms with van der Waals surface area (Å²) in [5.41, 5.74) is 0. The summed E-state index contributed by atoms with van der Waals surface area (Å²) < 4.78 is 20.4. The van der Waals surface area contributed by atoms with Crippen LogP contribution in [0, 0.1) is 0 Å². The summed E-state index contributed by atoms with van der Waals surface area (Å²) in [5.74, 6) is 0. The van der Waals surface area contributed by atoms with Crippen LogP contribution in [0.1, 0.15) is 0 Å². The van der Waals surface area contributed by atoms with Crippen LogP contribution >= 0.6 is 0 Å². The van der Waals surface area contributed by atoms with Crippen molar-refractivity contribution in [2.24, 2.45) is 0 Å². The maximum absolute atomic E-state index is 5.20. The summed E-state index contributed by atoms with van der Waals surface area (Å²) in [6.07, 6.45) is 3.05. The maximum Gasteiger partial charge on any atom is 0.403 e. The van der Waals surface area contributed by atoms with E-state index in [1.54, 1.807) is 18.2 Å². The van der Waals surface area contributed by atoms with Crippen LogP contribution in [0.3, 0.4) is 0 Å². The lowest BCUT2D eigenvalue weighted by molar-refractivity contribution is -0.463. The van der Waals surface area contributed by atoms with Gasteiger partial charge in [-0.25, -0.2) is 0 Å². The van der Waals surface area contributed by atoms with Crippen LogP contribution in [0.15, 0.2) is 38.0 Å². The van der Waals surface area contributed by atoms with Gasteiger partial charge in [-0.15, -0.1) is 19.7 Å². The molecule has 0 aromatic rings. The average Bonchev–Trinajstić information content (AvgIpc) is 2.29. The Balaban J connectivity index is 4.34. The van der Waals surface area contributed by atoms with Crippen LogP contribution in [-0.4, -0.2) is 36.5 Å². The number of hydrogen-bond donors (Lipinski definition) is 0. The Bertz CT molecular complexity index is 174. The van der Waals surface area contributed by atoms with Crippen molar-refractivity contribution in [2.45, 2.75) is 6.16 Å². The molecule has 0 saturated heterocycles. The monoisotopic (exact) mass is 227 g/mol. The molecule has 5 heteroatoms. The molecule has 0 aromatic heterocycles. The third-order valence-corrected chi connectivity index (χ3v) is 1.51. The standard InChI is InChI=1S/C10H15O4Si/c1-4-7-11-10(14-15,12-8-5-2)13-9-6-3/h4-6H,1-3,7-9H2. The fourth-order valence-electron chi connectivity index (χ4n) is 0.696. The number of hydrogen-bond acceptors (Lipinski definition) is 4. The van der Waals surface area contributed by atoms with Crippen LogP contribution in [0.2, 0.25) is 0 Å². The van der Waals surface area contributed by atoms with E-state index < -0.39 is 6.16 Å². The molecule has 4 nitrogen and oxygen atoms in total. The molecule has 0 amide bonds. The third-order valence-electron chi connectivity index (χ3n) is 1.26. The Morgan fingerprint density at radius 1 is 0.867 bits per heavy atom. The molecule has 0 heterocycles. The van der Waals surface area contributed by atoms with E-state index >= 15 is 0 Å². The van der Waals surface area contributed by atoms with Gasteiger partial charge in [0.2, 0.25) is 0 Å². The average molecular weight is 227 g/mol. The zero-order valence-corrected chi connectivity index (χ0v) is 9.61. The second kappa shape index (κ2) is 8.57. The highest BCUT2D eigenvalue weighted by atomic mass is 28.2. The summed E-state index contributed by atoms with van der Waals surface area (Å²) >= 11 is 0. The van der Waals surface area contributed by atoms with Crippen LogP contribution in [0.25, 0.3) is 0 Å². The van der Waals surface area contributed by atoms with Gasteiger partial charge in [-0.3, -0.25) is 14.2 Å². The van der Waals surface area contributed by atoms with Gasteiger partial charge in [0.05, 0.1) is 19.8 Å². The van der Waals surface area contributed by atoms with Gasteiger partial charge in [0.1, 0.15) is 0 Å². The lowest BCUT2D eigenvalue weighted by atomic mass is 10.6. The minimum absolute atomic E-state index is 0.221. The first-order valence-electron chi connectivity index (χ1n) is 4.34. The Kier molecular flexibility index (Phi) is 8.16. The van der Waals surface area contributed by atoms with Crippen LogP contribution in [0.5, 0.6) is 0 Å². The van der Waals surface area contributed by atoms with Gasteiger partial charge in [0.15, 0.2) is 0 Å². The lowest BCUT2D eigenvalue weighted by Gasteiger charge is -2.29. The van der Waals surface area contributed by atoms with Crippen LogP contribution in [0.4, 0.5) is 0 Å². The molecule has 0 atom stereocenters. The third kappa shape index (κ3) is 5.66. The predicted molar refractivity (Wildman–Crippen MR) is 58.0 cm³/mol. The first kappa shape index (κ1) is 14.3. The zero-order valence-electron chi connectivity index (χ0n) is 8.61. The number of ether oxygens (including phenoxy) is 3. The minimum atomic E-state index is -1.60. The van der Waals surface area contributed by atoms with E-state index in [2.05, 4.69) is 30.2 Å². The molecule has 0 saturated carbocycles. The van der Waals surface area contributed by atoms with Crippen molar-refractivity contribution < 1.29 is 18.6 Å². The minimum Gasteiger partial charge on any atom is -0.347 e. The lowest BCUT2D eigenvalue weighted by Crippen LogP contribution is -2.42. The van der Waals surface area contributed by atoms with Crippen molar-refractivity contribution in [1.29, 1.82) is 0 Å². The van der Waals surface area contributed by atoms with Gasteiger partial charge in [-0.1, -0.05) is 18.2 Å². The molecule has 0 aliphatic heterocycles. The van der Waals surface area contributed by atoms with E-state index in [0.717, 1.165) is 0 Å². The second-order valence-corrected chi connectivity index (χ2v) is 2.61. The highest BCUT2D eigenvalue weighted by molar-refractivity contribution is 5.98. The quantitative estimate of drug-likeness (QED) is 0.320. The smallest absolute Gasteiger partial charge is 0.347 e. The Morgan fingerprint density at radius 2 is 1.20 bits per heavy atom. The summed E-state index contributed by atoms with van der Waals surface area (Å²) in [7, 11) is 2.84. The molecular weight excluding hydrogens is 212 g/mol. The highest BCUT2D eigenvalue weighted by Gasteiger charge is 2.32. The summed E-state index contributed by atoms with van der Waals surface area (Å²) in [4.78, 5) is 0. The normalized spacial score (nSPS) is 11.0. The Hall–Kier alpha value is -0.723. The van der Waals surface area contributed by atoms with Crippen molar-refractivity contribution in [1.82, 2.24) is 0 Å². The topological polar surface area (TPSA) is 36.9 Å². The maximum atomic E-state index is 5.20. The van der Waals surface area contributed by atoms with Crippen LogP contribution in [-0.2, 0) is 18.6 Å². The number of rotatable bonds is 10. The van der Waals surface area contributed by atoms with E-state index in [1.165, 1.54) is 0 Å². The van der Waals surface area contributed by atoms with E-state index in [4.69, 9.17) is 18.6 Å². The molecule has 0 N–H and O–H groups in total. The zero-order chi connectivity index (χ0) is 11.6. The molecule has 0 fully saturated rings. The first-order chi connectivity index (χ1) is 7.24. The van der Waals surface area contributed by atoms with Crippen molar-refractivity contribution in [3.8, 4) is 0 Å². The van der Waals surface area contributed by atoms with Crippen molar-refractivity contribution in [3.05, 3.63) is 38.0 Å². The molecule has 0 bridgehead atoms. The SMILES string of the molecule is C=CCOC(O[Si])(OCC=C)OCC=C. The fraction of sp³-hybridized carbons (Fsp3) is 0.400. The van der Waals surface area contributed by atoms with E-state index in [1.807, 2.05) is 0 Å². The molecular formula is C10H15O4Si. The van der Waals surface area contributed by atoms with Crippen molar-refractivity contribution in [2.75, 3.05) is 19.8 Å². The van der Waals surface area contributed by atoms with Crippen molar-refractivity contribution in [3.63, 3.8) is 0 Å². The molecule has 0 aliphatic rings. The van der Waals surface area contributed by atoms with Gasteiger partial charge < -0.3 is 4.43 Å². The molecule has 0 unspecified atom stereocenters.